The van der Waals surface area contributed by atoms with Crippen molar-refractivity contribution in [3.63, 3.8) is 0 Å². The van der Waals surface area contributed by atoms with E-state index >= 15 is 0 Å². The number of rotatable bonds is 4. The molecule has 138 valence electrons. The molecule has 0 saturated carbocycles. The van der Waals surface area contributed by atoms with Crippen LogP contribution in [0.3, 0.4) is 0 Å². The van der Waals surface area contributed by atoms with Crippen LogP contribution in [0, 0.1) is 5.82 Å². The molecule has 1 aliphatic rings. The molecule has 2 heterocycles. The first-order valence-corrected chi connectivity index (χ1v) is 9.19. The number of para-hydroxylation sites is 2. The number of benzene rings is 2. The first-order chi connectivity index (χ1) is 13.1. The van der Waals surface area contributed by atoms with E-state index in [2.05, 4.69) is 9.97 Å². The summed E-state index contributed by atoms with van der Waals surface area (Å²) < 4.78 is 14.2. The maximum atomic E-state index is 14.2. The number of carbonyl (C=O) groups excluding carboxylic acids is 1. The minimum atomic E-state index is -0.346. The lowest BCUT2D eigenvalue weighted by Gasteiger charge is -2.29. The number of carbonyl (C=O) groups is 1. The van der Waals surface area contributed by atoms with E-state index < -0.39 is 0 Å². The van der Waals surface area contributed by atoms with Crippen molar-refractivity contribution >= 4 is 22.5 Å². The predicted octanol–water partition coefficient (Wildman–Crippen LogP) is 3.36. The maximum absolute atomic E-state index is 14.2. The van der Waals surface area contributed by atoms with Gasteiger partial charge in [0.15, 0.2) is 0 Å². The fourth-order valence-corrected chi connectivity index (χ4v) is 3.65. The van der Waals surface area contributed by atoms with Gasteiger partial charge in [-0.15, -0.1) is 0 Å². The molecule has 6 heteroatoms. The summed E-state index contributed by atoms with van der Waals surface area (Å²) in [7, 11) is 0. The number of halogens is 1. The van der Waals surface area contributed by atoms with Gasteiger partial charge in [0.2, 0.25) is 5.91 Å². The Morgan fingerprint density at radius 2 is 2.04 bits per heavy atom. The molecule has 4 rings (SSSR count). The molecule has 1 amide bonds. The molecule has 0 saturated heterocycles. The Balaban J connectivity index is 1.45. The topological polar surface area (TPSA) is 66.1 Å². The Morgan fingerprint density at radius 3 is 2.93 bits per heavy atom. The van der Waals surface area contributed by atoms with E-state index in [-0.39, 0.29) is 23.7 Å². The van der Waals surface area contributed by atoms with Crippen LogP contribution in [0.1, 0.15) is 30.7 Å². The number of H-pyrrole nitrogens is 1. The molecule has 0 radical (unpaired) electrons. The number of amides is 1. The fourth-order valence-electron chi connectivity index (χ4n) is 3.65. The van der Waals surface area contributed by atoms with Gasteiger partial charge in [-0.1, -0.05) is 24.3 Å². The lowest BCUT2D eigenvalue weighted by Crippen LogP contribution is -2.36. The molecule has 0 atom stereocenters. The minimum Gasteiger partial charge on any atom is -0.310 e. The molecule has 0 bridgehead atoms. The highest BCUT2D eigenvalue weighted by atomic mass is 19.1. The summed E-state index contributed by atoms with van der Waals surface area (Å²) in [6.45, 7) is 0.540. The average Bonchev–Trinajstić information content (AvgIpc) is 2.68. The number of fused-ring (bicyclic) bond motifs is 2. The number of aryl methyl sites for hydroxylation is 2. The van der Waals surface area contributed by atoms with Crippen LogP contribution in [-0.4, -0.2) is 22.4 Å². The average molecular weight is 365 g/mol. The van der Waals surface area contributed by atoms with Crippen LogP contribution in [-0.2, 0) is 17.6 Å². The van der Waals surface area contributed by atoms with Crippen LogP contribution in [0.4, 0.5) is 10.1 Å². The van der Waals surface area contributed by atoms with E-state index in [1.54, 1.807) is 29.2 Å². The van der Waals surface area contributed by atoms with E-state index in [0.29, 0.717) is 41.8 Å². The second kappa shape index (κ2) is 7.31. The third kappa shape index (κ3) is 3.47. The standard InChI is InChI=1S/C21H20FN3O2/c22-16-9-3-6-14-7-5-13-25(20(14)16)19(26)12-4-11-18-23-17-10-2-1-8-15(17)21(27)24-18/h1-3,6,8-10H,4-5,7,11-13H2,(H,23,24,27). The smallest absolute Gasteiger partial charge is 0.258 e. The molecule has 0 fully saturated rings. The van der Waals surface area contributed by atoms with Gasteiger partial charge in [-0.05, 0) is 43.0 Å². The number of hydrogen-bond acceptors (Lipinski definition) is 3. The van der Waals surface area contributed by atoms with Crippen LogP contribution in [0.25, 0.3) is 10.9 Å². The number of aromatic amines is 1. The lowest BCUT2D eigenvalue weighted by atomic mass is 10.0. The number of aromatic nitrogens is 2. The number of nitrogens with one attached hydrogen (secondary N) is 1. The molecule has 1 N–H and O–H groups in total. The second-order valence-corrected chi connectivity index (χ2v) is 6.78. The van der Waals surface area contributed by atoms with Crippen molar-refractivity contribution < 1.29 is 9.18 Å². The van der Waals surface area contributed by atoms with Crippen LogP contribution in [0.15, 0.2) is 47.3 Å². The molecular formula is C21H20FN3O2. The van der Waals surface area contributed by atoms with E-state index in [1.165, 1.54) is 6.07 Å². The number of anilines is 1. The van der Waals surface area contributed by atoms with Gasteiger partial charge in [-0.2, -0.15) is 0 Å². The zero-order chi connectivity index (χ0) is 18.8. The third-order valence-corrected chi connectivity index (χ3v) is 4.94. The van der Waals surface area contributed by atoms with Crippen molar-refractivity contribution in [3.8, 4) is 0 Å². The van der Waals surface area contributed by atoms with Crippen LogP contribution < -0.4 is 10.5 Å². The predicted molar refractivity (Wildman–Crippen MR) is 102 cm³/mol. The van der Waals surface area contributed by atoms with Crippen molar-refractivity contribution in [1.82, 2.24) is 9.97 Å². The van der Waals surface area contributed by atoms with E-state index in [0.717, 1.165) is 18.4 Å². The molecular weight excluding hydrogens is 345 g/mol. The SMILES string of the molecule is O=C(CCCc1nc2ccccc2c(=O)[nH]1)N1CCCc2cccc(F)c21. The summed E-state index contributed by atoms with van der Waals surface area (Å²) in [6, 6.07) is 12.1. The first-order valence-electron chi connectivity index (χ1n) is 9.19. The Hall–Kier alpha value is -3.02. The number of nitrogens with zero attached hydrogens (tertiary/aromatic N) is 2. The highest BCUT2D eigenvalue weighted by Gasteiger charge is 2.25. The second-order valence-electron chi connectivity index (χ2n) is 6.78. The first kappa shape index (κ1) is 17.4. The van der Waals surface area contributed by atoms with Gasteiger partial charge in [0.25, 0.3) is 5.56 Å². The summed E-state index contributed by atoms with van der Waals surface area (Å²) >= 11 is 0. The maximum Gasteiger partial charge on any atom is 0.258 e. The summed E-state index contributed by atoms with van der Waals surface area (Å²) in [5.74, 6) is 0.127. The summed E-state index contributed by atoms with van der Waals surface area (Å²) in [5.41, 5.74) is 1.78. The van der Waals surface area contributed by atoms with Crippen molar-refractivity contribution in [1.29, 1.82) is 0 Å². The molecule has 1 aromatic heterocycles. The highest BCUT2D eigenvalue weighted by molar-refractivity contribution is 5.94. The highest BCUT2D eigenvalue weighted by Crippen LogP contribution is 2.30. The van der Waals surface area contributed by atoms with Gasteiger partial charge >= 0.3 is 0 Å². The molecule has 2 aromatic carbocycles. The van der Waals surface area contributed by atoms with Gasteiger partial charge in [0.1, 0.15) is 11.6 Å². The van der Waals surface area contributed by atoms with E-state index in [9.17, 15) is 14.0 Å². The van der Waals surface area contributed by atoms with Crippen molar-refractivity contribution in [3.05, 3.63) is 70.0 Å². The molecule has 5 nitrogen and oxygen atoms in total. The minimum absolute atomic E-state index is 0.0933. The van der Waals surface area contributed by atoms with Gasteiger partial charge in [0, 0.05) is 19.4 Å². The van der Waals surface area contributed by atoms with Crippen LogP contribution in [0.2, 0.25) is 0 Å². The van der Waals surface area contributed by atoms with Gasteiger partial charge in [-0.25, -0.2) is 9.37 Å². The lowest BCUT2D eigenvalue weighted by molar-refractivity contribution is -0.118. The zero-order valence-corrected chi connectivity index (χ0v) is 14.9. The van der Waals surface area contributed by atoms with Crippen molar-refractivity contribution in [2.24, 2.45) is 0 Å². The van der Waals surface area contributed by atoms with Crippen LogP contribution in [0.5, 0.6) is 0 Å². The zero-order valence-electron chi connectivity index (χ0n) is 14.9. The summed E-state index contributed by atoms with van der Waals surface area (Å²) in [5, 5.41) is 0.553. The Labute approximate surface area is 155 Å². The van der Waals surface area contributed by atoms with Gasteiger partial charge < -0.3 is 9.88 Å². The van der Waals surface area contributed by atoms with Crippen LogP contribution >= 0.6 is 0 Å². The molecule has 1 aliphatic heterocycles. The molecule has 3 aromatic rings. The Bertz CT molecular complexity index is 1060. The summed E-state index contributed by atoms with van der Waals surface area (Å²) in [6.07, 6.45) is 2.94. The largest absolute Gasteiger partial charge is 0.310 e. The van der Waals surface area contributed by atoms with Crippen molar-refractivity contribution in [2.45, 2.75) is 32.1 Å². The molecule has 0 spiro atoms. The molecule has 0 unspecified atom stereocenters. The monoisotopic (exact) mass is 365 g/mol. The number of hydrogen-bond donors (Lipinski definition) is 1. The van der Waals surface area contributed by atoms with Gasteiger partial charge in [-0.3, -0.25) is 9.59 Å². The Morgan fingerprint density at radius 1 is 1.19 bits per heavy atom. The third-order valence-electron chi connectivity index (χ3n) is 4.94. The molecule has 27 heavy (non-hydrogen) atoms. The van der Waals surface area contributed by atoms with E-state index in [4.69, 9.17) is 0 Å². The fraction of sp³-hybridized carbons (Fsp3) is 0.286. The normalized spacial score (nSPS) is 13.6. The summed E-state index contributed by atoms with van der Waals surface area (Å²) in [4.78, 5) is 33.5. The van der Waals surface area contributed by atoms with Gasteiger partial charge in [0.05, 0.1) is 16.6 Å². The van der Waals surface area contributed by atoms with Crippen molar-refractivity contribution in [2.75, 3.05) is 11.4 Å². The molecule has 0 aliphatic carbocycles. The van der Waals surface area contributed by atoms with E-state index in [1.807, 2.05) is 12.1 Å². The quantitative estimate of drug-likeness (QED) is 0.771. The Kier molecular flexibility index (Phi) is 4.71.